The molecule has 0 aromatic heterocycles. The van der Waals surface area contributed by atoms with E-state index in [4.69, 9.17) is 0 Å². The Morgan fingerprint density at radius 2 is 1.95 bits per heavy atom. The second-order valence-corrected chi connectivity index (χ2v) is 7.63. The summed E-state index contributed by atoms with van der Waals surface area (Å²) in [6.07, 6.45) is 0. The molecule has 1 saturated heterocycles. The molecule has 1 fully saturated rings. The number of amides is 2. The number of carbonyl (C=O) groups is 1. The van der Waals surface area contributed by atoms with Crippen molar-refractivity contribution in [3.63, 3.8) is 0 Å². The molecule has 22 heavy (non-hydrogen) atoms. The molecule has 0 spiro atoms. The largest absolute Gasteiger partial charge is 0.336 e. The third kappa shape index (κ3) is 4.51. The summed E-state index contributed by atoms with van der Waals surface area (Å²) in [5, 5.41) is 5.27. The number of carbonyl (C=O) groups excluding carboxylic acids is 1. The molecule has 0 aliphatic carbocycles. The molecule has 0 unspecified atom stereocenters. The quantitative estimate of drug-likeness (QED) is 0.886. The number of anilines is 1. The fourth-order valence-electron chi connectivity index (χ4n) is 2.38. The Morgan fingerprint density at radius 3 is 2.59 bits per heavy atom. The monoisotopic (exact) mass is 327 g/mol. The molecule has 122 valence electrons. The standard InChI is InChI=1S/C15H22FN3O2S/c1-15(2,19-7-9-22(21)10-8-19)11-17-14(20)18-13-6-4-3-5-12(13)16/h3-6H,7-11H2,1-2H3,(H2,17,18,20). The number of para-hydroxylation sites is 1. The van der Waals surface area contributed by atoms with Crippen LogP contribution in [0.3, 0.4) is 0 Å². The van der Waals surface area contributed by atoms with Gasteiger partial charge in [-0.25, -0.2) is 9.18 Å². The van der Waals surface area contributed by atoms with Crippen LogP contribution in [0.25, 0.3) is 0 Å². The average Bonchev–Trinajstić information content (AvgIpc) is 2.48. The van der Waals surface area contributed by atoms with Crippen molar-refractivity contribution in [3.8, 4) is 0 Å². The second kappa shape index (κ2) is 7.19. The molecule has 0 radical (unpaired) electrons. The van der Waals surface area contributed by atoms with Gasteiger partial charge in [0.15, 0.2) is 0 Å². The molecular formula is C15H22FN3O2S. The fourth-order valence-corrected chi connectivity index (χ4v) is 3.43. The van der Waals surface area contributed by atoms with E-state index in [1.165, 1.54) is 12.1 Å². The van der Waals surface area contributed by atoms with Gasteiger partial charge in [-0.2, -0.15) is 0 Å². The van der Waals surface area contributed by atoms with Gasteiger partial charge >= 0.3 is 6.03 Å². The normalized spacial score (nSPS) is 17.2. The number of halogens is 1. The van der Waals surface area contributed by atoms with Crippen LogP contribution in [-0.4, -0.2) is 51.8 Å². The van der Waals surface area contributed by atoms with E-state index in [0.29, 0.717) is 18.1 Å². The Balaban J connectivity index is 1.84. The van der Waals surface area contributed by atoms with E-state index in [9.17, 15) is 13.4 Å². The van der Waals surface area contributed by atoms with E-state index in [1.54, 1.807) is 12.1 Å². The molecule has 1 aromatic carbocycles. The number of urea groups is 1. The Bertz CT molecular complexity index is 555. The first-order chi connectivity index (χ1) is 10.4. The van der Waals surface area contributed by atoms with Crippen LogP contribution in [0, 0.1) is 5.82 Å². The lowest BCUT2D eigenvalue weighted by Gasteiger charge is -2.40. The third-order valence-electron chi connectivity index (χ3n) is 3.84. The Hall–Kier alpha value is -1.47. The van der Waals surface area contributed by atoms with Crippen LogP contribution in [0.15, 0.2) is 24.3 Å². The highest BCUT2D eigenvalue weighted by Crippen LogP contribution is 2.16. The number of rotatable bonds is 4. The lowest BCUT2D eigenvalue weighted by Crippen LogP contribution is -2.56. The number of hydrogen-bond acceptors (Lipinski definition) is 3. The van der Waals surface area contributed by atoms with Crippen molar-refractivity contribution in [1.29, 1.82) is 0 Å². The van der Waals surface area contributed by atoms with Crippen molar-refractivity contribution in [1.82, 2.24) is 10.2 Å². The first-order valence-corrected chi connectivity index (χ1v) is 8.77. The highest BCUT2D eigenvalue weighted by atomic mass is 32.2. The second-order valence-electron chi connectivity index (χ2n) is 5.94. The minimum absolute atomic E-state index is 0.158. The van der Waals surface area contributed by atoms with E-state index < -0.39 is 22.6 Å². The summed E-state index contributed by atoms with van der Waals surface area (Å²) in [6.45, 7) is 6.02. The van der Waals surface area contributed by atoms with Gasteiger partial charge in [0.2, 0.25) is 0 Å². The van der Waals surface area contributed by atoms with Gasteiger partial charge < -0.3 is 10.6 Å². The molecule has 0 saturated carbocycles. The first kappa shape index (κ1) is 16.9. The maximum atomic E-state index is 13.5. The summed E-state index contributed by atoms with van der Waals surface area (Å²) in [7, 11) is -0.721. The van der Waals surface area contributed by atoms with Crippen LogP contribution >= 0.6 is 0 Å². The molecule has 2 rings (SSSR count). The SMILES string of the molecule is CC(C)(CNC(=O)Nc1ccccc1F)N1CCS(=O)CC1. The molecule has 2 N–H and O–H groups in total. The summed E-state index contributed by atoms with van der Waals surface area (Å²) in [5.41, 5.74) is -0.0804. The minimum Gasteiger partial charge on any atom is -0.336 e. The van der Waals surface area contributed by atoms with Gasteiger partial charge in [-0.15, -0.1) is 0 Å². The summed E-state index contributed by atoms with van der Waals surface area (Å²) in [5.74, 6) is 0.880. The van der Waals surface area contributed by atoms with Gasteiger partial charge in [0.05, 0.1) is 5.69 Å². The average molecular weight is 327 g/mol. The van der Waals surface area contributed by atoms with Crippen LogP contribution in [0.2, 0.25) is 0 Å². The minimum atomic E-state index is -0.721. The van der Waals surface area contributed by atoms with Gasteiger partial charge in [0.25, 0.3) is 0 Å². The zero-order valence-electron chi connectivity index (χ0n) is 12.9. The molecule has 7 heteroatoms. The predicted octanol–water partition coefficient (Wildman–Crippen LogP) is 1.79. The van der Waals surface area contributed by atoms with Crippen molar-refractivity contribution in [2.45, 2.75) is 19.4 Å². The summed E-state index contributed by atoms with van der Waals surface area (Å²) in [4.78, 5) is 14.1. The van der Waals surface area contributed by atoms with Crippen LogP contribution in [0.5, 0.6) is 0 Å². The fraction of sp³-hybridized carbons (Fsp3) is 0.533. The number of nitrogens with one attached hydrogen (secondary N) is 2. The van der Waals surface area contributed by atoms with Crippen molar-refractivity contribution in [2.75, 3.05) is 36.5 Å². The number of benzene rings is 1. The van der Waals surface area contributed by atoms with E-state index in [0.717, 1.165) is 13.1 Å². The summed E-state index contributed by atoms with van der Waals surface area (Å²) in [6, 6.07) is 5.62. The lowest BCUT2D eigenvalue weighted by molar-refractivity contribution is 0.133. The highest BCUT2D eigenvalue weighted by Gasteiger charge is 2.30. The molecule has 0 bridgehead atoms. The molecular weight excluding hydrogens is 305 g/mol. The third-order valence-corrected chi connectivity index (χ3v) is 5.11. The van der Waals surface area contributed by atoms with Gasteiger partial charge in [-0.1, -0.05) is 12.1 Å². The van der Waals surface area contributed by atoms with Gasteiger partial charge in [-0.05, 0) is 26.0 Å². The van der Waals surface area contributed by atoms with Gasteiger partial charge in [0, 0.05) is 47.5 Å². The molecule has 2 amide bonds. The topological polar surface area (TPSA) is 61.4 Å². The Morgan fingerprint density at radius 1 is 1.32 bits per heavy atom. The van der Waals surface area contributed by atoms with E-state index >= 15 is 0 Å². The zero-order valence-corrected chi connectivity index (χ0v) is 13.7. The molecule has 1 aliphatic heterocycles. The smallest absolute Gasteiger partial charge is 0.319 e. The van der Waals surface area contributed by atoms with Crippen LogP contribution in [-0.2, 0) is 10.8 Å². The number of hydrogen-bond donors (Lipinski definition) is 2. The molecule has 1 aliphatic rings. The van der Waals surface area contributed by atoms with Gasteiger partial charge in [0.1, 0.15) is 5.82 Å². The Labute approximate surface area is 132 Å². The first-order valence-electron chi connectivity index (χ1n) is 7.28. The molecule has 0 atom stereocenters. The van der Waals surface area contributed by atoms with Crippen molar-refractivity contribution in [2.24, 2.45) is 0 Å². The van der Waals surface area contributed by atoms with Crippen LogP contribution in [0.1, 0.15) is 13.8 Å². The number of nitrogens with zero attached hydrogens (tertiary/aromatic N) is 1. The van der Waals surface area contributed by atoms with E-state index in [-0.39, 0.29) is 11.2 Å². The van der Waals surface area contributed by atoms with Gasteiger partial charge in [-0.3, -0.25) is 9.11 Å². The van der Waals surface area contributed by atoms with Crippen LogP contribution in [0.4, 0.5) is 14.9 Å². The van der Waals surface area contributed by atoms with Crippen molar-refractivity contribution < 1.29 is 13.4 Å². The molecule has 5 nitrogen and oxygen atoms in total. The van der Waals surface area contributed by atoms with Crippen LogP contribution < -0.4 is 10.6 Å². The molecule has 1 heterocycles. The predicted molar refractivity (Wildman–Crippen MR) is 86.9 cm³/mol. The van der Waals surface area contributed by atoms with E-state index in [2.05, 4.69) is 15.5 Å². The summed E-state index contributed by atoms with van der Waals surface area (Å²) < 4.78 is 24.9. The summed E-state index contributed by atoms with van der Waals surface area (Å²) >= 11 is 0. The van der Waals surface area contributed by atoms with E-state index in [1.807, 2.05) is 13.8 Å². The maximum absolute atomic E-state index is 13.5. The Kier molecular flexibility index (Phi) is 5.52. The zero-order chi connectivity index (χ0) is 16.2. The molecule has 1 aromatic rings. The maximum Gasteiger partial charge on any atom is 0.319 e. The van der Waals surface area contributed by atoms with Crippen molar-refractivity contribution in [3.05, 3.63) is 30.1 Å². The highest BCUT2D eigenvalue weighted by molar-refractivity contribution is 7.85. The lowest BCUT2D eigenvalue weighted by atomic mass is 10.0. The van der Waals surface area contributed by atoms with Crippen molar-refractivity contribution >= 4 is 22.5 Å².